The third-order valence-corrected chi connectivity index (χ3v) is 4.69. The Balaban J connectivity index is 1.75. The van der Waals surface area contributed by atoms with Gasteiger partial charge in [0, 0.05) is 23.4 Å². The molecule has 0 spiro atoms. The Kier molecular flexibility index (Phi) is 4.67. The number of carbonyl (C=O) groups is 1. The maximum Gasteiger partial charge on any atom is 0.433 e. The van der Waals surface area contributed by atoms with Gasteiger partial charge < -0.3 is 9.63 Å². The first-order valence-corrected chi connectivity index (χ1v) is 9.02. The number of hydrogen-bond acceptors (Lipinski definition) is 6. The van der Waals surface area contributed by atoms with Crippen LogP contribution in [0.15, 0.2) is 23.0 Å². The molecule has 1 aliphatic carbocycles. The van der Waals surface area contributed by atoms with Gasteiger partial charge in [0.25, 0.3) is 0 Å². The number of aryl methyl sites for hydroxylation is 2. The molecule has 0 unspecified atom stereocenters. The number of halogens is 3. The maximum atomic E-state index is 13.2. The van der Waals surface area contributed by atoms with Crippen LogP contribution in [0.25, 0.3) is 23.2 Å². The van der Waals surface area contributed by atoms with Crippen molar-refractivity contribution in [2.45, 2.75) is 38.8 Å². The lowest BCUT2D eigenvalue weighted by molar-refractivity contribution is -0.141. The first kappa shape index (κ1) is 19.8. The second-order valence-corrected chi connectivity index (χ2v) is 7.03. The van der Waals surface area contributed by atoms with Gasteiger partial charge in [0.1, 0.15) is 17.8 Å². The molecule has 0 bridgehead atoms. The van der Waals surface area contributed by atoms with E-state index in [9.17, 15) is 23.1 Å². The average molecular weight is 419 g/mol. The second-order valence-electron chi connectivity index (χ2n) is 7.03. The number of alkyl halides is 3. The minimum absolute atomic E-state index is 0.00573. The minimum atomic E-state index is -4.60. The summed E-state index contributed by atoms with van der Waals surface area (Å²) >= 11 is 0. The van der Waals surface area contributed by atoms with E-state index < -0.39 is 17.8 Å². The molecule has 3 aromatic heterocycles. The summed E-state index contributed by atoms with van der Waals surface area (Å²) in [6.07, 6.45) is -0.586. The molecule has 1 N–H and O–H groups in total. The highest BCUT2D eigenvalue weighted by molar-refractivity contribution is 6.19. The zero-order valence-corrected chi connectivity index (χ0v) is 15.9. The third kappa shape index (κ3) is 3.82. The highest BCUT2D eigenvalue weighted by Crippen LogP contribution is 2.41. The molecule has 1 saturated carbocycles. The molecular weight excluding hydrogens is 403 g/mol. The van der Waals surface area contributed by atoms with Crippen LogP contribution >= 0.6 is 0 Å². The van der Waals surface area contributed by atoms with E-state index in [-0.39, 0.29) is 22.9 Å². The largest absolute Gasteiger partial charge is 0.478 e. The fourth-order valence-corrected chi connectivity index (χ4v) is 3.11. The summed E-state index contributed by atoms with van der Waals surface area (Å²) in [7, 11) is 0. The van der Waals surface area contributed by atoms with E-state index in [1.165, 1.54) is 12.5 Å². The van der Waals surface area contributed by atoms with Gasteiger partial charge in [-0.05, 0) is 38.8 Å². The van der Waals surface area contributed by atoms with Gasteiger partial charge in [-0.15, -0.1) is 5.10 Å². The molecule has 156 valence electrons. The van der Waals surface area contributed by atoms with Gasteiger partial charge in [-0.2, -0.15) is 13.2 Å². The smallest absolute Gasteiger partial charge is 0.433 e. The molecule has 1 fully saturated rings. The summed E-state index contributed by atoms with van der Waals surface area (Å²) in [5, 5.41) is 17.5. The van der Waals surface area contributed by atoms with Crippen molar-refractivity contribution in [2.75, 3.05) is 0 Å². The van der Waals surface area contributed by atoms with Crippen LogP contribution in [0.1, 0.15) is 47.2 Å². The summed E-state index contributed by atoms with van der Waals surface area (Å²) < 4.78 is 45.9. The van der Waals surface area contributed by atoms with Gasteiger partial charge in [-0.25, -0.2) is 19.4 Å². The molecule has 1 aliphatic rings. The van der Waals surface area contributed by atoms with E-state index in [2.05, 4.69) is 20.2 Å². The number of carboxylic acids is 1. The van der Waals surface area contributed by atoms with Crippen LogP contribution in [0, 0.1) is 13.8 Å². The van der Waals surface area contributed by atoms with Crippen molar-refractivity contribution in [3.05, 3.63) is 46.9 Å². The predicted molar refractivity (Wildman–Crippen MR) is 98.0 cm³/mol. The standard InChI is InChI=1S/C19H16F3N5O3/c1-9-16(10(2)30-26-9)13(18(28)29)7-27-8-23-17(25-27)12-5-14(11-3-4-11)24-15(6-12)19(20,21)22/h5-8,11H,3-4H2,1-2H3,(H,28,29)/b13-7+. The Morgan fingerprint density at radius 3 is 2.60 bits per heavy atom. The number of aromatic nitrogens is 5. The molecule has 8 nitrogen and oxygen atoms in total. The number of nitrogens with zero attached hydrogens (tertiary/aromatic N) is 5. The van der Waals surface area contributed by atoms with Crippen LogP contribution in [0.5, 0.6) is 0 Å². The maximum absolute atomic E-state index is 13.2. The van der Waals surface area contributed by atoms with Crippen LogP contribution in [0.2, 0.25) is 0 Å². The minimum Gasteiger partial charge on any atom is -0.478 e. The number of carboxylic acid groups (broad SMARTS) is 1. The van der Waals surface area contributed by atoms with Crippen LogP contribution in [0.3, 0.4) is 0 Å². The van der Waals surface area contributed by atoms with Gasteiger partial charge in [0.05, 0.1) is 16.8 Å². The van der Waals surface area contributed by atoms with Gasteiger partial charge in [-0.1, -0.05) is 5.16 Å². The van der Waals surface area contributed by atoms with E-state index in [1.54, 1.807) is 19.9 Å². The van der Waals surface area contributed by atoms with Crippen LogP contribution in [-0.2, 0) is 11.0 Å². The SMILES string of the molecule is Cc1noc(C)c1/C(=C\n1cnc(-c2cc(C3CC3)nc(C(F)(F)F)c2)n1)C(=O)O. The third-order valence-electron chi connectivity index (χ3n) is 4.69. The summed E-state index contributed by atoms with van der Waals surface area (Å²) in [6, 6.07) is 2.43. The van der Waals surface area contributed by atoms with Gasteiger partial charge >= 0.3 is 12.1 Å². The average Bonchev–Trinajstić information content (AvgIpc) is 3.34. The lowest BCUT2D eigenvalue weighted by Crippen LogP contribution is -2.10. The number of hydrogen-bond donors (Lipinski definition) is 1. The Hall–Kier alpha value is -3.50. The Labute approximate surface area is 168 Å². The van der Waals surface area contributed by atoms with Gasteiger partial charge in [0.15, 0.2) is 5.82 Å². The Morgan fingerprint density at radius 2 is 2.03 bits per heavy atom. The summed E-state index contributed by atoms with van der Waals surface area (Å²) in [5.41, 5.74) is 0.0791. The number of pyridine rings is 1. The number of aliphatic carboxylic acids is 1. The van der Waals surface area contributed by atoms with E-state index in [1.807, 2.05) is 0 Å². The highest BCUT2D eigenvalue weighted by Gasteiger charge is 2.35. The second kappa shape index (κ2) is 7.08. The van der Waals surface area contributed by atoms with Crippen molar-refractivity contribution in [2.24, 2.45) is 0 Å². The van der Waals surface area contributed by atoms with Crippen molar-refractivity contribution in [1.82, 2.24) is 24.9 Å². The molecular formula is C19H16F3N5O3. The number of rotatable bonds is 5. The fraction of sp³-hybridized carbons (Fsp3) is 0.316. The van der Waals surface area contributed by atoms with Gasteiger partial charge in [0.2, 0.25) is 0 Å². The van der Waals surface area contributed by atoms with Crippen molar-refractivity contribution in [1.29, 1.82) is 0 Å². The van der Waals surface area contributed by atoms with E-state index in [0.29, 0.717) is 22.7 Å². The Bertz CT molecular complexity index is 1140. The predicted octanol–water partition coefficient (Wildman–Crippen LogP) is 3.92. The quantitative estimate of drug-likeness (QED) is 0.625. The fourth-order valence-electron chi connectivity index (χ4n) is 3.11. The first-order valence-electron chi connectivity index (χ1n) is 9.02. The monoisotopic (exact) mass is 419 g/mol. The van der Waals surface area contributed by atoms with Crippen LogP contribution < -0.4 is 0 Å². The molecule has 30 heavy (non-hydrogen) atoms. The molecule has 0 atom stereocenters. The van der Waals surface area contributed by atoms with Crippen LogP contribution in [-0.4, -0.2) is 36.0 Å². The molecule has 0 radical (unpaired) electrons. The lowest BCUT2D eigenvalue weighted by atomic mass is 10.1. The molecule has 0 aliphatic heterocycles. The molecule has 11 heteroatoms. The van der Waals surface area contributed by atoms with E-state index >= 15 is 0 Å². The van der Waals surface area contributed by atoms with Crippen molar-refractivity contribution in [3.63, 3.8) is 0 Å². The van der Waals surface area contributed by atoms with Crippen molar-refractivity contribution in [3.8, 4) is 11.4 Å². The molecule has 4 rings (SSSR count). The van der Waals surface area contributed by atoms with E-state index in [4.69, 9.17) is 4.52 Å². The molecule has 3 heterocycles. The van der Waals surface area contributed by atoms with Crippen molar-refractivity contribution >= 4 is 17.7 Å². The molecule has 3 aromatic rings. The zero-order chi connectivity index (χ0) is 21.6. The first-order chi connectivity index (χ1) is 14.1. The normalized spacial score (nSPS) is 14.9. The summed E-state index contributed by atoms with van der Waals surface area (Å²) in [5.74, 6) is -0.879. The van der Waals surface area contributed by atoms with Crippen molar-refractivity contribution < 1.29 is 27.6 Å². The topological polar surface area (TPSA) is 107 Å². The molecule has 0 saturated heterocycles. The summed E-state index contributed by atoms with van der Waals surface area (Å²) in [4.78, 5) is 19.5. The lowest BCUT2D eigenvalue weighted by Gasteiger charge is -2.09. The highest BCUT2D eigenvalue weighted by atomic mass is 19.4. The zero-order valence-electron chi connectivity index (χ0n) is 15.9. The van der Waals surface area contributed by atoms with Gasteiger partial charge in [-0.3, -0.25) is 0 Å². The summed E-state index contributed by atoms with van der Waals surface area (Å²) in [6.45, 7) is 3.18. The Morgan fingerprint density at radius 1 is 1.30 bits per heavy atom. The molecule has 0 amide bonds. The van der Waals surface area contributed by atoms with E-state index in [0.717, 1.165) is 23.6 Å². The molecule has 0 aromatic carbocycles. The van der Waals surface area contributed by atoms with Crippen LogP contribution in [0.4, 0.5) is 13.2 Å².